The molecule has 3 aliphatic carbocycles. The van der Waals surface area contributed by atoms with Gasteiger partial charge in [-0.25, -0.2) is 4.98 Å². The predicted molar refractivity (Wildman–Crippen MR) is 118 cm³/mol. The fraction of sp³-hybridized carbons (Fsp3) is 0.600. The number of fused-ring (bicyclic) bond motifs is 5. The monoisotopic (exact) mass is 407 g/mol. The summed E-state index contributed by atoms with van der Waals surface area (Å²) < 4.78 is 0. The number of aromatic nitrogens is 1. The van der Waals surface area contributed by atoms with Crippen LogP contribution in [0, 0.1) is 28.6 Å². The molecule has 0 saturated heterocycles. The summed E-state index contributed by atoms with van der Waals surface area (Å²) in [6, 6.07) is 4.15. The van der Waals surface area contributed by atoms with Gasteiger partial charge in [0.2, 0.25) is 5.91 Å². The molecule has 1 amide bonds. The van der Waals surface area contributed by atoms with Crippen LogP contribution >= 0.6 is 0 Å². The number of anilines is 1. The van der Waals surface area contributed by atoms with Gasteiger partial charge in [0.15, 0.2) is 0 Å². The van der Waals surface area contributed by atoms with E-state index >= 15 is 0 Å². The molecule has 5 nitrogen and oxygen atoms in total. The minimum absolute atomic E-state index is 0.0891. The average molecular weight is 408 g/mol. The van der Waals surface area contributed by atoms with Crippen LogP contribution in [-0.2, 0) is 4.79 Å². The van der Waals surface area contributed by atoms with Crippen molar-refractivity contribution < 1.29 is 9.90 Å². The van der Waals surface area contributed by atoms with Gasteiger partial charge in [-0.05, 0) is 73.5 Å². The number of aliphatic hydroxyl groups excluding tert-OH is 1. The molecule has 1 aliphatic heterocycles. The van der Waals surface area contributed by atoms with Crippen LogP contribution in [-0.4, -0.2) is 40.1 Å². The van der Waals surface area contributed by atoms with Crippen LogP contribution in [0.4, 0.5) is 5.82 Å². The first kappa shape index (κ1) is 19.8. The Kier molecular flexibility index (Phi) is 4.41. The van der Waals surface area contributed by atoms with Crippen molar-refractivity contribution >= 4 is 17.8 Å². The Morgan fingerprint density at radius 2 is 2.13 bits per heavy atom. The molecule has 3 saturated carbocycles. The molecule has 1 unspecified atom stereocenters. The summed E-state index contributed by atoms with van der Waals surface area (Å²) in [6.07, 6.45) is 12.5. The molecule has 0 bridgehead atoms. The first-order valence-electron chi connectivity index (χ1n) is 11.3. The number of hydrogen-bond acceptors (Lipinski definition) is 4. The maximum atomic E-state index is 12.3. The average Bonchev–Trinajstić information content (AvgIpc) is 3.02. The molecule has 0 aromatic carbocycles. The van der Waals surface area contributed by atoms with Crippen molar-refractivity contribution in [2.75, 3.05) is 12.8 Å². The number of pyridine rings is 1. The highest BCUT2D eigenvalue weighted by atomic mass is 16.3. The zero-order chi connectivity index (χ0) is 21.3. The summed E-state index contributed by atoms with van der Waals surface area (Å²) in [5.41, 5.74) is 8.47. The zero-order valence-electron chi connectivity index (χ0n) is 18.2. The lowest BCUT2D eigenvalue weighted by Crippen LogP contribution is -2.62. The number of aliphatic hydroxyl groups is 1. The van der Waals surface area contributed by atoms with Crippen LogP contribution in [0.3, 0.4) is 0 Å². The van der Waals surface area contributed by atoms with Crippen LogP contribution in [0.25, 0.3) is 6.08 Å². The van der Waals surface area contributed by atoms with Gasteiger partial charge in [0, 0.05) is 30.3 Å². The highest BCUT2D eigenvalue weighted by Gasteiger charge is 2.61. The van der Waals surface area contributed by atoms with Crippen molar-refractivity contribution in [3.63, 3.8) is 0 Å². The van der Waals surface area contributed by atoms with E-state index in [9.17, 15) is 9.90 Å². The maximum Gasteiger partial charge on any atom is 0.246 e. The molecular weight excluding hydrogens is 374 g/mol. The van der Waals surface area contributed by atoms with Crippen LogP contribution in [0.5, 0.6) is 0 Å². The zero-order valence-corrected chi connectivity index (χ0v) is 18.2. The number of amides is 1. The first-order valence-corrected chi connectivity index (χ1v) is 11.3. The normalized spacial score (nSPS) is 44.0. The van der Waals surface area contributed by atoms with Gasteiger partial charge < -0.3 is 15.7 Å². The van der Waals surface area contributed by atoms with E-state index in [-0.39, 0.29) is 34.8 Å². The van der Waals surface area contributed by atoms with Crippen molar-refractivity contribution in [1.29, 1.82) is 0 Å². The molecule has 3 fully saturated rings. The molecule has 3 N–H and O–H groups in total. The third kappa shape index (κ3) is 2.78. The van der Waals surface area contributed by atoms with Gasteiger partial charge in [0.25, 0.3) is 0 Å². The van der Waals surface area contributed by atoms with Crippen molar-refractivity contribution in [2.45, 2.75) is 58.1 Å². The quantitative estimate of drug-likeness (QED) is 0.745. The van der Waals surface area contributed by atoms with Crippen molar-refractivity contribution in [3.8, 4) is 0 Å². The van der Waals surface area contributed by atoms with E-state index in [1.165, 1.54) is 5.57 Å². The molecule has 30 heavy (non-hydrogen) atoms. The molecule has 2 heterocycles. The first-order chi connectivity index (χ1) is 14.2. The van der Waals surface area contributed by atoms with Gasteiger partial charge in [-0.1, -0.05) is 31.6 Å². The lowest BCUT2D eigenvalue weighted by Gasteiger charge is -2.61. The molecule has 0 radical (unpaired) electrons. The van der Waals surface area contributed by atoms with E-state index in [0.29, 0.717) is 17.7 Å². The van der Waals surface area contributed by atoms with E-state index in [1.54, 1.807) is 12.3 Å². The third-order valence-corrected chi connectivity index (χ3v) is 8.92. The van der Waals surface area contributed by atoms with Gasteiger partial charge in [-0.3, -0.25) is 4.79 Å². The number of nitrogens with zero attached hydrogens (tertiary/aromatic N) is 2. The van der Waals surface area contributed by atoms with Gasteiger partial charge in [-0.2, -0.15) is 0 Å². The molecule has 4 aliphatic rings. The number of nitrogen functional groups attached to an aromatic ring is 1. The van der Waals surface area contributed by atoms with Gasteiger partial charge in [-0.15, -0.1) is 0 Å². The number of likely N-dealkylation sites (N-methyl/N-ethyl adjacent to an activating group) is 1. The summed E-state index contributed by atoms with van der Waals surface area (Å²) in [6.45, 7) is 4.63. The minimum Gasteiger partial charge on any atom is -0.393 e. The van der Waals surface area contributed by atoms with Crippen molar-refractivity contribution in [1.82, 2.24) is 9.88 Å². The van der Waals surface area contributed by atoms with Gasteiger partial charge in [0.1, 0.15) is 5.82 Å². The second-order valence-electron chi connectivity index (χ2n) is 10.6. The van der Waals surface area contributed by atoms with Crippen LogP contribution in [0.1, 0.15) is 51.5 Å². The predicted octanol–water partition coefficient (Wildman–Crippen LogP) is 3.66. The number of carbonyl (C=O) groups is 1. The fourth-order valence-corrected chi connectivity index (χ4v) is 7.66. The Balaban J connectivity index is 1.49. The SMILES string of the molecule is CN1C(=O)C=C[C@]2(C)[C@H]3C(O)C[C@]4(C)CC(=Cc5cccnc5N)C[C@H]4[C@@H]3CC[C@@H]12. The molecule has 5 heteroatoms. The summed E-state index contributed by atoms with van der Waals surface area (Å²) in [5, 5.41) is 11.4. The molecule has 1 aromatic rings. The van der Waals surface area contributed by atoms with Crippen LogP contribution < -0.4 is 5.73 Å². The Hall–Kier alpha value is -2.14. The smallest absolute Gasteiger partial charge is 0.246 e. The van der Waals surface area contributed by atoms with Crippen molar-refractivity contribution in [2.24, 2.45) is 28.6 Å². The molecular formula is C25H33N3O2. The Morgan fingerprint density at radius 1 is 1.33 bits per heavy atom. The fourth-order valence-electron chi connectivity index (χ4n) is 7.66. The number of nitrogens with two attached hydrogens (primary N) is 1. The summed E-state index contributed by atoms with van der Waals surface area (Å²) >= 11 is 0. The topological polar surface area (TPSA) is 79.5 Å². The number of carbonyl (C=O) groups excluding carboxylic acids is 1. The van der Waals surface area contributed by atoms with Crippen molar-refractivity contribution in [3.05, 3.63) is 41.6 Å². The summed E-state index contributed by atoms with van der Waals surface area (Å²) in [4.78, 5) is 18.4. The molecule has 1 aromatic heterocycles. The lowest BCUT2D eigenvalue weighted by atomic mass is 9.47. The van der Waals surface area contributed by atoms with Crippen LogP contribution in [0.2, 0.25) is 0 Å². The van der Waals surface area contributed by atoms with E-state index in [1.807, 2.05) is 24.1 Å². The van der Waals surface area contributed by atoms with E-state index in [4.69, 9.17) is 5.73 Å². The standard InChI is InChI=1S/C25H33N3O2/c1-24-13-15(11-16-5-4-10-27-23(16)26)12-18(24)17-6-7-20-25(2,22(17)19(29)14-24)9-8-21(30)28(20)3/h4-5,8-11,17-20,22,29H,6-7,12-14H2,1-3H3,(H2,26,27)/t17-,18-,19?,20+,22+,24-,25-/m0/s1. The summed E-state index contributed by atoms with van der Waals surface area (Å²) in [5.74, 6) is 1.90. The molecule has 160 valence electrons. The van der Waals surface area contributed by atoms with Crippen LogP contribution in [0.15, 0.2) is 36.1 Å². The highest BCUT2D eigenvalue weighted by Crippen LogP contribution is 2.65. The highest BCUT2D eigenvalue weighted by molar-refractivity contribution is 5.89. The van der Waals surface area contributed by atoms with Gasteiger partial charge in [0.05, 0.1) is 6.10 Å². The Morgan fingerprint density at radius 3 is 2.90 bits per heavy atom. The van der Waals surface area contributed by atoms with E-state index in [0.717, 1.165) is 37.7 Å². The second-order valence-corrected chi connectivity index (χ2v) is 10.6. The molecule has 0 spiro atoms. The number of hydrogen-bond donors (Lipinski definition) is 2. The lowest BCUT2D eigenvalue weighted by molar-refractivity contribution is -0.155. The van der Waals surface area contributed by atoms with E-state index in [2.05, 4.69) is 31.0 Å². The second kappa shape index (κ2) is 6.68. The number of allylic oxidation sites excluding steroid dienone is 1. The number of rotatable bonds is 1. The Labute approximate surface area is 179 Å². The van der Waals surface area contributed by atoms with E-state index < -0.39 is 0 Å². The van der Waals surface area contributed by atoms with Gasteiger partial charge >= 0.3 is 0 Å². The summed E-state index contributed by atoms with van der Waals surface area (Å²) in [7, 11) is 1.92. The third-order valence-electron chi connectivity index (χ3n) is 8.92. The maximum absolute atomic E-state index is 12.3. The minimum atomic E-state index is -0.335. The molecule has 7 atom stereocenters. The Bertz CT molecular complexity index is 940. The molecule has 5 rings (SSSR count). The largest absolute Gasteiger partial charge is 0.393 e.